The van der Waals surface area contributed by atoms with E-state index >= 15 is 0 Å². The minimum absolute atomic E-state index is 0.109. The van der Waals surface area contributed by atoms with E-state index in [2.05, 4.69) is 5.43 Å². The number of morpholine rings is 1. The highest BCUT2D eigenvalue weighted by Gasteiger charge is 2.20. The Kier molecular flexibility index (Phi) is 4.31. The van der Waals surface area contributed by atoms with Crippen LogP contribution >= 0.6 is 0 Å². The molecule has 14 heavy (non-hydrogen) atoms. The number of rotatable bonds is 3. The van der Waals surface area contributed by atoms with Gasteiger partial charge in [0.15, 0.2) is 0 Å². The maximum absolute atomic E-state index is 11.5. The lowest BCUT2D eigenvalue weighted by Gasteiger charge is -2.28. The number of hydrogen-bond donors (Lipinski definition) is 2. The fourth-order valence-corrected chi connectivity index (χ4v) is 1.21. The van der Waals surface area contributed by atoms with Crippen molar-refractivity contribution in [1.29, 1.82) is 0 Å². The van der Waals surface area contributed by atoms with Gasteiger partial charge in [-0.05, 0) is 5.92 Å². The van der Waals surface area contributed by atoms with Crippen molar-refractivity contribution >= 4 is 5.91 Å². The van der Waals surface area contributed by atoms with Crippen LogP contribution in [0.1, 0.15) is 13.8 Å². The summed E-state index contributed by atoms with van der Waals surface area (Å²) in [5.41, 5.74) is 8.50. The largest absolute Gasteiger partial charge is 0.379 e. The average molecular weight is 201 g/mol. The zero-order valence-electron chi connectivity index (χ0n) is 8.82. The third-order valence-electron chi connectivity index (χ3n) is 2.30. The molecule has 1 heterocycles. The van der Waals surface area contributed by atoms with Gasteiger partial charge in [-0.2, -0.15) is 0 Å². The molecular weight excluding hydrogens is 182 g/mol. The van der Waals surface area contributed by atoms with Crippen molar-refractivity contribution in [3.05, 3.63) is 0 Å². The summed E-state index contributed by atoms with van der Waals surface area (Å²) in [6, 6.07) is -0.433. The van der Waals surface area contributed by atoms with Crippen molar-refractivity contribution in [2.75, 3.05) is 26.3 Å². The van der Waals surface area contributed by atoms with Crippen molar-refractivity contribution in [3.8, 4) is 0 Å². The first-order valence-corrected chi connectivity index (χ1v) is 5.00. The van der Waals surface area contributed by atoms with Gasteiger partial charge in [-0.3, -0.25) is 10.2 Å². The number of nitrogens with one attached hydrogen (secondary N) is 1. The third-order valence-corrected chi connectivity index (χ3v) is 2.30. The highest BCUT2D eigenvalue weighted by molar-refractivity contribution is 5.81. The third kappa shape index (κ3) is 3.25. The molecule has 1 fully saturated rings. The number of carbonyl (C=O) groups excluding carboxylic acids is 1. The lowest BCUT2D eigenvalue weighted by Crippen LogP contribution is -2.54. The summed E-state index contributed by atoms with van der Waals surface area (Å²) in [4.78, 5) is 11.5. The second-order valence-electron chi connectivity index (χ2n) is 3.85. The van der Waals surface area contributed by atoms with E-state index in [4.69, 9.17) is 10.5 Å². The van der Waals surface area contributed by atoms with Gasteiger partial charge in [0, 0.05) is 13.1 Å². The number of hydrazine groups is 1. The molecule has 1 aliphatic rings. The Morgan fingerprint density at radius 3 is 2.50 bits per heavy atom. The smallest absolute Gasteiger partial charge is 0.251 e. The average Bonchev–Trinajstić information content (AvgIpc) is 2.18. The molecule has 1 rings (SSSR count). The number of nitrogens with zero attached hydrogens (tertiary/aromatic N) is 1. The fourth-order valence-electron chi connectivity index (χ4n) is 1.21. The van der Waals surface area contributed by atoms with Gasteiger partial charge in [0.25, 0.3) is 5.91 Å². The van der Waals surface area contributed by atoms with Crippen LogP contribution in [-0.2, 0) is 9.53 Å². The van der Waals surface area contributed by atoms with Gasteiger partial charge in [-0.15, -0.1) is 0 Å². The van der Waals surface area contributed by atoms with Gasteiger partial charge in [-0.1, -0.05) is 13.8 Å². The molecule has 1 amide bonds. The molecule has 1 atom stereocenters. The van der Waals surface area contributed by atoms with Crippen molar-refractivity contribution in [3.63, 3.8) is 0 Å². The van der Waals surface area contributed by atoms with Crippen LogP contribution in [0.4, 0.5) is 0 Å². The molecule has 0 aromatic carbocycles. The van der Waals surface area contributed by atoms with E-state index in [9.17, 15) is 4.79 Å². The van der Waals surface area contributed by atoms with E-state index in [1.54, 1.807) is 0 Å². The first kappa shape index (κ1) is 11.4. The molecule has 5 heteroatoms. The highest BCUT2D eigenvalue weighted by Crippen LogP contribution is 1.99. The number of hydrogen-bond acceptors (Lipinski definition) is 4. The Bertz CT molecular complexity index is 190. The normalized spacial score (nSPS) is 20.9. The maximum Gasteiger partial charge on any atom is 0.251 e. The quantitative estimate of drug-likeness (QED) is 0.635. The summed E-state index contributed by atoms with van der Waals surface area (Å²) in [6.45, 7) is 6.66. The van der Waals surface area contributed by atoms with Crippen LogP contribution in [0.5, 0.6) is 0 Å². The number of nitrogens with two attached hydrogens (primary N) is 1. The molecule has 0 bridgehead atoms. The van der Waals surface area contributed by atoms with Crippen LogP contribution in [0.2, 0.25) is 0 Å². The molecule has 5 nitrogen and oxygen atoms in total. The van der Waals surface area contributed by atoms with E-state index in [-0.39, 0.29) is 11.8 Å². The first-order valence-electron chi connectivity index (χ1n) is 5.00. The molecule has 1 saturated heterocycles. The Labute approximate surface area is 84.5 Å². The lowest BCUT2D eigenvalue weighted by atomic mass is 10.1. The lowest BCUT2D eigenvalue weighted by molar-refractivity contribution is -0.130. The predicted molar refractivity (Wildman–Crippen MR) is 53.3 cm³/mol. The van der Waals surface area contributed by atoms with Crippen molar-refractivity contribution in [2.24, 2.45) is 11.7 Å². The number of ether oxygens (including phenoxy) is 1. The number of carbonyl (C=O) groups is 1. The van der Waals surface area contributed by atoms with Crippen molar-refractivity contribution in [1.82, 2.24) is 10.4 Å². The first-order chi connectivity index (χ1) is 6.61. The zero-order chi connectivity index (χ0) is 10.6. The molecule has 0 radical (unpaired) electrons. The molecule has 1 aliphatic heterocycles. The van der Waals surface area contributed by atoms with Crippen LogP contribution in [-0.4, -0.2) is 43.3 Å². The van der Waals surface area contributed by atoms with E-state index in [0.29, 0.717) is 13.2 Å². The summed E-state index contributed by atoms with van der Waals surface area (Å²) in [5.74, 6) is 0.0536. The maximum atomic E-state index is 11.5. The summed E-state index contributed by atoms with van der Waals surface area (Å²) in [6.07, 6.45) is 0. The Morgan fingerprint density at radius 2 is 2.00 bits per heavy atom. The molecular formula is C9H19N3O2. The molecule has 0 spiro atoms. The molecule has 0 aliphatic carbocycles. The minimum Gasteiger partial charge on any atom is -0.379 e. The molecule has 0 saturated carbocycles. The van der Waals surface area contributed by atoms with Crippen LogP contribution in [0.15, 0.2) is 0 Å². The van der Waals surface area contributed by atoms with E-state index < -0.39 is 6.04 Å². The summed E-state index contributed by atoms with van der Waals surface area (Å²) < 4.78 is 5.16. The topological polar surface area (TPSA) is 67.6 Å². The van der Waals surface area contributed by atoms with Crippen molar-refractivity contribution < 1.29 is 9.53 Å². The van der Waals surface area contributed by atoms with E-state index in [1.165, 1.54) is 0 Å². The fraction of sp³-hybridized carbons (Fsp3) is 0.889. The van der Waals surface area contributed by atoms with E-state index in [1.807, 2.05) is 18.9 Å². The van der Waals surface area contributed by atoms with Gasteiger partial charge in [-0.25, -0.2) is 5.01 Å². The SMILES string of the molecule is CC(C)[C@@H](N)C(=O)NN1CCOCC1. The molecule has 0 aromatic heterocycles. The Morgan fingerprint density at radius 1 is 1.43 bits per heavy atom. The second kappa shape index (κ2) is 5.29. The number of amides is 1. The van der Waals surface area contributed by atoms with Crippen LogP contribution < -0.4 is 11.2 Å². The Hall–Kier alpha value is -0.650. The standard InChI is InChI=1S/C9H19N3O2/c1-7(2)8(10)9(13)11-12-3-5-14-6-4-12/h7-8H,3-6,10H2,1-2H3,(H,11,13)/t8-/m1/s1. The predicted octanol–water partition coefficient (Wildman–Crippen LogP) is -0.667. The van der Waals surface area contributed by atoms with Crippen LogP contribution in [0, 0.1) is 5.92 Å². The highest BCUT2D eigenvalue weighted by atomic mass is 16.5. The van der Waals surface area contributed by atoms with Crippen molar-refractivity contribution in [2.45, 2.75) is 19.9 Å². The molecule has 82 valence electrons. The van der Waals surface area contributed by atoms with Gasteiger partial charge < -0.3 is 10.5 Å². The zero-order valence-corrected chi connectivity index (χ0v) is 8.82. The van der Waals surface area contributed by atoms with Gasteiger partial charge in [0.2, 0.25) is 0 Å². The second-order valence-corrected chi connectivity index (χ2v) is 3.85. The van der Waals surface area contributed by atoms with Gasteiger partial charge in [0.05, 0.1) is 19.3 Å². The van der Waals surface area contributed by atoms with Crippen LogP contribution in [0.3, 0.4) is 0 Å². The minimum atomic E-state index is -0.433. The Balaban J connectivity index is 2.31. The van der Waals surface area contributed by atoms with E-state index in [0.717, 1.165) is 13.1 Å². The van der Waals surface area contributed by atoms with Gasteiger partial charge >= 0.3 is 0 Å². The molecule has 3 N–H and O–H groups in total. The molecule has 0 aromatic rings. The van der Waals surface area contributed by atoms with Gasteiger partial charge in [0.1, 0.15) is 0 Å². The monoisotopic (exact) mass is 201 g/mol. The van der Waals surface area contributed by atoms with Crippen LogP contribution in [0.25, 0.3) is 0 Å². The summed E-state index contributed by atoms with van der Waals surface area (Å²) >= 11 is 0. The summed E-state index contributed by atoms with van der Waals surface area (Å²) in [7, 11) is 0. The summed E-state index contributed by atoms with van der Waals surface area (Å²) in [5, 5.41) is 1.86. The molecule has 0 unspecified atom stereocenters.